The molecule has 1 aromatic carbocycles. The highest BCUT2D eigenvalue weighted by Crippen LogP contribution is 2.18. The second-order valence-corrected chi connectivity index (χ2v) is 4.51. The van der Waals surface area contributed by atoms with Crippen molar-refractivity contribution in [1.82, 2.24) is 4.98 Å². The summed E-state index contributed by atoms with van der Waals surface area (Å²) in [6.45, 7) is 3.01. The molecule has 4 heteroatoms. The van der Waals surface area contributed by atoms with Crippen molar-refractivity contribution in [2.75, 3.05) is 18.0 Å². The molecule has 104 valence electrons. The van der Waals surface area contributed by atoms with Crippen molar-refractivity contribution < 1.29 is 4.79 Å². The highest BCUT2D eigenvalue weighted by molar-refractivity contribution is 6.05. The molecule has 0 aliphatic carbocycles. The van der Waals surface area contributed by atoms with Crippen LogP contribution in [0.1, 0.15) is 22.8 Å². The van der Waals surface area contributed by atoms with Crippen molar-refractivity contribution >= 4 is 11.6 Å². The highest BCUT2D eigenvalue weighted by atomic mass is 16.2. The minimum absolute atomic E-state index is 0.0761. The molecule has 1 heterocycles. The van der Waals surface area contributed by atoms with Crippen LogP contribution in [-0.2, 0) is 6.42 Å². The molecule has 20 heavy (non-hydrogen) atoms. The van der Waals surface area contributed by atoms with Crippen LogP contribution in [0.3, 0.4) is 0 Å². The number of amides is 1. The molecule has 0 fully saturated rings. The van der Waals surface area contributed by atoms with Gasteiger partial charge in [0.2, 0.25) is 0 Å². The molecule has 0 spiro atoms. The fraction of sp³-hybridized carbons (Fsp3) is 0.250. The minimum atomic E-state index is -0.0761. The monoisotopic (exact) mass is 269 g/mol. The first-order valence-corrected chi connectivity index (χ1v) is 6.77. The average molecular weight is 269 g/mol. The van der Waals surface area contributed by atoms with Gasteiger partial charge in [0.25, 0.3) is 5.91 Å². The molecule has 2 rings (SSSR count). The van der Waals surface area contributed by atoms with E-state index in [1.807, 2.05) is 24.3 Å². The van der Waals surface area contributed by atoms with E-state index in [1.54, 1.807) is 29.4 Å². The number of hydrogen-bond donors (Lipinski definition) is 1. The first kappa shape index (κ1) is 14.2. The van der Waals surface area contributed by atoms with Gasteiger partial charge in [0, 0.05) is 31.2 Å². The second-order valence-electron chi connectivity index (χ2n) is 4.51. The van der Waals surface area contributed by atoms with E-state index >= 15 is 0 Å². The quantitative estimate of drug-likeness (QED) is 0.905. The lowest BCUT2D eigenvalue weighted by Gasteiger charge is -2.22. The van der Waals surface area contributed by atoms with Gasteiger partial charge in [-0.1, -0.05) is 19.1 Å². The Hall–Kier alpha value is -2.20. The fourth-order valence-corrected chi connectivity index (χ4v) is 2.03. The van der Waals surface area contributed by atoms with E-state index < -0.39 is 0 Å². The van der Waals surface area contributed by atoms with Crippen LogP contribution >= 0.6 is 0 Å². The predicted molar refractivity (Wildman–Crippen MR) is 80.8 cm³/mol. The predicted octanol–water partition coefficient (Wildman–Crippen LogP) is 2.25. The fourth-order valence-electron chi connectivity index (χ4n) is 2.03. The zero-order valence-corrected chi connectivity index (χ0v) is 11.6. The van der Waals surface area contributed by atoms with Gasteiger partial charge in [0.15, 0.2) is 0 Å². The molecule has 0 aliphatic rings. The topological polar surface area (TPSA) is 59.2 Å². The van der Waals surface area contributed by atoms with Crippen LogP contribution in [0.15, 0.2) is 48.8 Å². The lowest BCUT2D eigenvalue weighted by molar-refractivity contribution is 0.0987. The van der Waals surface area contributed by atoms with E-state index in [1.165, 1.54) is 5.56 Å². The van der Waals surface area contributed by atoms with Crippen molar-refractivity contribution in [2.45, 2.75) is 13.3 Å². The van der Waals surface area contributed by atoms with Crippen molar-refractivity contribution in [1.29, 1.82) is 0 Å². The van der Waals surface area contributed by atoms with Crippen molar-refractivity contribution in [3.8, 4) is 0 Å². The van der Waals surface area contributed by atoms with Gasteiger partial charge in [-0.05, 0) is 36.2 Å². The molecular weight excluding hydrogens is 250 g/mol. The Morgan fingerprint density at radius 2 is 2.00 bits per heavy atom. The summed E-state index contributed by atoms with van der Waals surface area (Å²) >= 11 is 0. The Labute approximate surface area is 119 Å². The minimum Gasteiger partial charge on any atom is -0.329 e. The van der Waals surface area contributed by atoms with E-state index in [4.69, 9.17) is 5.73 Å². The Kier molecular flexibility index (Phi) is 4.85. The summed E-state index contributed by atoms with van der Waals surface area (Å²) in [4.78, 5) is 18.2. The summed E-state index contributed by atoms with van der Waals surface area (Å²) in [7, 11) is 0. The van der Waals surface area contributed by atoms with Crippen LogP contribution in [0.25, 0.3) is 0 Å². The second kappa shape index (κ2) is 6.82. The molecule has 0 atom stereocenters. The smallest absolute Gasteiger partial charge is 0.259 e. The number of aryl methyl sites for hydroxylation is 1. The number of nitrogens with two attached hydrogens (primary N) is 1. The normalized spacial score (nSPS) is 10.3. The molecule has 0 aliphatic heterocycles. The van der Waals surface area contributed by atoms with E-state index in [2.05, 4.69) is 11.9 Å². The van der Waals surface area contributed by atoms with Gasteiger partial charge in [0.05, 0.1) is 5.56 Å². The molecule has 0 radical (unpaired) electrons. The van der Waals surface area contributed by atoms with E-state index in [9.17, 15) is 4.79 Å². The third-order valence-electron chi connectivity index (χ3n) is 3.16. The lowest BCUT2D eigenvalue weighted by Crippen LogP contribution is -2.35. The molecule has 1 amide bonds. The number of benzene rings is 1. The van der Waals surface area contributed by atoms with Crippen LogP contribution in [0.2, 0.25) is 0 Å². The number of pyridine rings is 1. The zero-order chi connectivity index (χ0) is 14.4. The van der Waals surface area contributed by atoms with Crippen molar-refractivity contribution in [2.24, 2.45) is 5.73 Å². The number of anilines is 1. The number of nitrogens with zero attached hydrogens (tertiary/aromatic N) is 2. The van der Waals surface area contributed by atoms with Gasteiger partial charge in [-0.3, -0.25) is 9.78 Å². The summed E-state index contributed by atoms with van der Waals surface area (Å²) in [5.74, 6) is -0.0761. The maximum atomic E-state index is 12.5. The van der Waals surface area contributed by atoms with Crippen LogP contribution < -0.4 is 10.6 Å². The van der Waals surface area contributed by atoms with Crippen molar-refractivity contribution in [3.63, 3.8) is 0 Å². The average Bonchev–Trinajstić information content (AvgIpc) is 2.53. The van der Waals surface area contributed by atoms with Crippen LogP contribution in [0.4, 0.5) is 5.69 Å². The number of hydrogen-bond acceptors (Lipinski definition) is 3. The number of carbonyl (C=O) groups excluding carboxylic acids is 1. The Morgan fingerprint density at radius 3 is 2.55 bits per heavy atom. The van der Waals surface area contributed by atoms with E-state index in [0.29, 0.717) is 18.7 Å². The lowest BCUT2D eigenvalue weighted by atomic mass is 10.1. The molecule has 2 aromatic rings. The molecule has 2 N–H and O–H groups in total. The third-order valence-corrected chi connectivity index (χ3v) is 3.16. The standard InChI is InChI=1S/C16H19N3O/c1-2-13-5-7-15(8-6-13)19(11-9-17)16(20)14-4-3-10-18-12-14/h3-8,10,12H,2,9,11,17H2,1H3. The molecule has 1 aromatic heterocycles. The van der Waals surface area contributed by atoms with Gasteiger partial charge in [0.1, 0.15) is 0 Å². The SMILES string of the molecule is CCc1ccc(N(CCN)C(=O)c2cccnc2)cc1. The van der Waals surface area contributed by atoms with Crippen LogP contribution in [0, 0.1) is 0 Å². The summed E-state index contributed by atoms with van der Waals surface area (Å²) < 4.78 is 0. The Morgan fingerprint density at radius 1 is 1.25 bits per heavy atom. The summed E-state index contributed by atoms with van der Waals surface area (Å²) in [5, 5.41) is 0. The van der Waals surface area contributed by atoms with Gasteiger partial charge < -0.3 is 10.6 Å². The van der Waals surface area contributed by atoms with Gasteiger partial charge in [-0.25, -0.2) is 0 Å². The number of aromatic nitrogens is 1. The summed E-state index contributed by atoms with van der Waals surface area (Å²) in [6, 6.07) is 11.5. The molecule has 0 unspecified atom stereocenters. The van der Waals surface area contributed by atoms with Gasteiger partial charge in [-0.15, -0.1) is 0 Å². The summed E-state index contributed by atoms with van der Waals surface area (Å²) in [6.07, 6.45) is 4.21. The van der Waals surface area contributed by atoms with E-state index in [0.717, 1.165) is 12.1 Å². The maximum absolute atomic E-state index is 12.5. The molecule has 0 saturated heterocycles. The first-order valence-electron chi connectivity index (χ1n) is 6.77. The zero-order valence-electron chi connectivity index (χ0n) is 11.6. The van der Waals surface area contributed by atoms with E-state index in [-0.39, 0.29) is 5.91 Å². The van der Waals surface area contributed by atoms with Gasteiger partial charge in [-0.2, -0.15) is 0 Å². The molecule has 4 nitrogen and oxygen atoms in total. The third kappa shape index (κ3) is 3.22. The first-order chi connectivity index (χ1) is 9.76. The molecular formula is C16H19N3O. The Balaban J connectivity index is 2.28. The highest BCUT2D eigenvalue weighted by Gasteiger charge is 2.16. The summed E-state index contributed by atoms with van der Waals surface area (Å²) in [5.41, 5.74) is 8.31. The number of rotatable bonds is 5. The largest absolute Gasteiger partial charge is 0.329 e. The van der Waals surface area contributed by atoms with Crippen molar-refractivity contribution in [3.05, 3.63) is 59.9 Å². The van der Waals surface area contributed by atoms with Gasteiger partial charge >= 0.3 is 0 Å². The maximum Gasteiger partial charge on any atom is 0.259 e. The molecule has 0 saturated carbocycles. The van der Waals surface area contributed by atoms with Crippen LogP contribution in [0.5, 0.6) is 0 Å². The number of carbonyl (C=O) groups is 1. The molecule has 0 bridgehead atoms. The van der Waals surface area contributed by atoms with Crippen LogP contribution in [-0.4, -0.2) is 24.0 Å². The Bertz CT molecular complexity index is 552.